The van der Waals surface area contributed by atoms with Gasteiger partial charge >= 0.3 is 0 Å². The Hall–Kier alpha value is -0.420. The van der Waals surface area contributed by atoms with Crippen molar-refractivity contribution in [2.24, 2.45) is 11.3 Å². The minimum absolute atomic E-state index is 0.170. The fraction of sp³-hybridized carbons (Fsp3) is 0.867. The van der Waals surface area contributed by atoms with Crippen molar-refractivity contribution in [2.75, 3.05) is 0 Å². The second kappa shape index (κ2) is 4.29. The highest BCUT2D eigenvalue weighted by molar-refractivity contribution is 5.21. The molecule has 6 atom stereocenters. The van der Waals surface area contributed by atoms with E-state index in [1.54, 1.807) is 0 Å². The van der Waals surface area contributed by atoms with Gasteiger partial charge in [-0.3, -0.25) is 0 Å². The summed E-state index contributed by atoms with van der Waals surface area (Å²) in [5.74, 6) is -0.422. The fourth-order valence-corrected chi connectivity index (χ4v) is 3.77. The molecule has 3 aliphatic carbocycles. The van der Waals surface area contributed by atoms with E-state index in [4.69, 9.17) is 4.74 Å². The van der Waals surface area contributed by atoms with Gasteiger partial charge < -0.3 is 20.1 Å². The second-order valence-corrected chi connectivity index (χ2v) is 7.33. The first-order valence-electron chi connectivity index (χ1n) is 6.94. The van der Waals surface area contributed by atoms with Gasteiger partial charge in [-0.15, -0.1) is 6.58 Å². The molecule has 0 amide bonds. The van der Waals surface area contributed by atoms with Gasteiger partial charge in [0, 0.05) is 11.3 Å². The lowest BCUT2D eigenvalue weighted by Gasteiger charge is -2.62. The van der Waals surface area contributed by atoms with E-state index < -0.39 is 29.1 Å². The molecule has 110 valence electrons. The van der Waals surface area contributed by atoms with E-state index in [0.29, 0.717) is 12.8 Å². The van der Waals surface area contributed by atoms with E-state index in [1.807, 2.05) is 27.7 Å². The number of fused-ring (bicyclic) bond motifs is 3. The summed E-state index contributed by atoms with van der Waals surface area (Å²) in [6, 6.07) is 0. The zero-order valence-corrected chi connectivity index (χ0v) is 12.3. The topological polar surface area (TPSA) is 69.9 Å². The van der Waals surface area contributed by atoms with Crippen LogP contribution in [0.15, 0.2) is 12.7 Å². The molecule has 19 heavy (non-hydrogen) atoms. The van der Waals surface area contributed by atoms with Crippen molar-refractivity contribution >= 4 is 0 Å². The normalized spacial score (nSPS) is 50.3. The first kappa shape index (κ1) is 15.0. The van der Waals surface area contributed by atoms with Crippen LogP contribution in [0, 0.1) is 11.3 Å². The van der Waals surface area contributed by atoms with Crippen molar-refractivity contribution in [3.8, 4) is 0 Å². The predicted molar refractivity (Wildman–Crippen MR) is 72.6 cm³/mol. The van der Waals surface area contributed by atoms with E-state index in [2.05, 4.69) is 6.58 Å². The van der Waals surface area contributed by atoms with Crippen LogP contribution in [0.25, 0.3) is 0 Å². The van der Waals surface area contributed by atoms with Crippen molar-refractivity contribution < 1.29 is 20.1 Å². The first-order chi connectivity index (χ1) is 8.54. The molecule has 4 nitrogen and oxygen atoms in total. The summed E-state index contributed by atoms with van der Waals surface area (Å²) in [6.45, 7) is 11.4. The Bertz CT molecular complexity index is 371. The van der Waals surface area contributed by atoms with E-state index >= 15 is 0 Å². The van der Waals surface area contributed by atoms with Crippen molar-refractivity contribution in [1.82, 2.24) is 0 Å². The van der Waals surface area contributed by atoms with Crippen molar-refractivity contribution in [1.29, 1.82) is 0 Å². The van der Waals surface area contributed by atoms with Crippen LogP contribution in [0.5, 0.6) is 0 Å². The van der Waals surface area contributed by atoms with Gasteiger partial charge in [0.2, 0.25) is 0 Å². The quantitative estimate of drug-likeness (QED) is 0.660. The lowest BCUT2D eigenvalue weighted by Crippen LogP contribution is -2.71. The minimum atomic E-state index is -1.43. The molecule has 0 aliphatic heterocycles. The van der Waals surface area contributed by atoms with Crippen LogP contribution in [-0.2, 0) is 4.74 Å². The molecule has 3 saturated carbocycles. The molecule has 0 aromatic rings. The van der Waals surface area contributed by atoms with Crippen LogP contribution in [-0.4, -0.2) is 44.8 Å². The zero-order valence-electron chi connectivity index (χ0n) is 12.3. The lowest BCUT2D eigenvalue weighted by atomic mass is 9.50. The second-order valence-electron chi connectivity index (χ2n) is 7.33. The van der Waals surface area contributed by atoms with E-state index in [-0.39, 0.29) is 11.7 Å². The molecule has 3 rings (SSSR count). The molecule has 0 aromatic heterocycles. The maximum atomic E-state index is 10.6. The third-order valence-electron chi connectivity index (χ3n) is 4.80. The largest absolute Gasteiger partial charge is 0.393 e. The van der Waals surface area contributed by atoms with Gasteiger partial charge in [-0.2, -0.15) is 0 Å². The van der Waals surface area contributed by atoms with Crippen LogP contribution in [0.1, 0.15) is 40.5 Å². The molecular formula is C15H26O4. The number of aliphatic hydroxyl groups is 3. The van der Waals surface area contributed by atoms with Crippen molar-refractivity contribution in [3.05, 3.63) is 12.7 Å². The summed E-state index contributed by atoms with van der Waals surface area (Å²) >= 11 is 0. The van der Waals surface area contributed by atoms with E-state index in [9.17, 15) is 15.3 Å². The average Bonchev–Trinajstić information content (AvgIpc) is 2.27. The monoisotopic (exact) mass is 270 g/mol. The predicted octanol–water partition coefficient (Wildman–Crippen LogP) is 1.24. The van der Waals surface area contributed by atoms with Crippen LogP contribution in [0.4, 0.5) is 0 Å². The zero-order chi connectivity index (χ0) is 14.6. The Balaban J connectivity index is 2.35. The highest BCUT2D eigenvalue weighted by Gasteiger charge is 2.65. The molecule has 0 spiro atoms. The maximum absolute atomic E-state index is 10.6. The van der Waals surface area contributed by atoms with Gasteiger partial charge in [0.05, 0.1) is 23.9 Å². The van der Waals surface area contributed by atoms with Crippen LogP contribution in [0.3, 0.4) is 0 Å². The van der Waals surface area contributed by atoms with Crippen LogP contribution in [0.2, 0.25) is 0 Å². The average molecular weight is 270 g/mol. The molecule has 0 radical (unpaired) electrons. The summed E-state index contributed by atoms with van der Waals surface area (Å²) in [7, 11) is 0. The molecule has 4 heteroatoms. The fourth-order valence-electron chi connectivity index (χ4n) is 3.77. The van der Waals surface area contributed by atoms with Gasteiger partial charge in [0.25, 0.3) is 0 Å². The van der Waals surface area contributed by atoms with Gasteiger partial charge in [-0.1, -0.05) is 13.0 Å². The SMILES string of the molecule is C=C[C@]1(O)[C@@H]2C[C@H](OC(C)(C)C)[C@@](C)(C[C@@H]2O)[C@H]1O. The minimum Gasteiger partial charge on any atom is -0.393 e. The number of hydrogen-bond acceptors (Lipinski definition) is 4. The lowest BCUT2D eigenvalue weighted by molar-refractivity contribution is -0.287. The van der Waals surface area contributed by atoms with Crippen LogP contribution >= 0.6 is 0 Å². The van der Waals surface area contributed by atoms with E-state index in [1.165, 1.54) is 6.08 Å². The van der Waals surface area contributed by atoms with Gasteiger partial charge in [-0.05, 0) is 33.6 Å². The molecule has 3 aliphatic rings. The summed E-state index contributed by atoms with van der Waals surface area (Å²) in [5, 5.41) is 31.3. The standard InChI is InChI=1S/C15H26O4/c1-6-15(18)9-7-11(19-13(2,3)4)14(5,12(15)17)8-10(9)16/h6,9-12,16-18H,1,7-8H2,2-5H3/t9-,10+,11+,12-,14-,15+/m1/s1. The van der Waals surface area contributed by atoms with E-state index in [0.717, 1.165) is 0 Å². The Kier molecular flexibility index (Phi) is 3.38. The highest BCUT2D eigenvalue weighted by Crippen LogP contribution is 2.56. The summed E-state index contributed by atoms with van der Waals surface area (Å²) < 4.78 is 6.06. The van der Waals surface area contributed by atoms with Gasteiger partial charge in [0.15, 0.2) is 0 Å². The molecule has 0 aromatic carbocycles. The molecule has 2 bridgehead atoms. The summed E-state index contributed by atoms with van der Waals surface area (Å²) in [6.07, 6.45) is 0.583. The van der Waals surface area contributed by atoms with Crippen molar-refractivity contribution in [3.63, 3.8) is 0 Å². The first-order valence-corrected chi connectivity index (χ1v) is 6.94. The Labute approximate surface area is 115 Å². The Morgan fingerprint density at radius 2 is 1.89 bits per heavy atom. The number of ether oxygens (including phenoxy) is 1. The van der Waals surface area contributed by atoms with Gasteiger partial charge in [0.1, 0.15) is 5.60 Å². The third-order valence-corrected chi connectivity index (χ3v) is 4.80. The summed E-state index contributed by atoms with van der Waals surface area (Å²) in [5.41, 5.74) is -2.41. The molecule has 0 heterocycles. The molecule has 0 unspecified atom stereocenters. The molecule has 3 N–H and O–H groups in total. The number of hydrogen-bond donors (Lipinski definition) is 3. The van der Waals surface area contributed by atoms with Crippen LogP contribution < -0.4 is 0 Å². The maximum Gasteiger partial charge on any atom is 0.114 e. The third kappa shape index (κ3) is 2.15. The molecule has 0 saturated heterocycles. The Morgan fingerprint density at radius 1 is 1.32 bits per heavy atom. The van der Waals surface area contributed by atoms with Gasteiger partial charge in [-0.25, -0.2) is 0 Å². The smallest absolute Gasteiger partial charge is 0.114 e. The summed E-state index contributed by atoms with van der Waals surface area (Å²) in [4.78, 5) is 0. The molecular weight excluding hydrogens is 244 g/mol. The Morgan fingerprint density at radius 3 is 2.37 bits per heavy atom. The number of aliphatic hydroxyl groups excluding tert-OH is 2. The van der Waals surface area contributed by atoms with Crippen molar-refractivity contribution in [2.45, 2.75) is 70.1 Å². The highest BCUT2D eigenvalue weighted by atomic mass is 16.5. The number of rotatable bonds is 2. The molecule has 3 fully saturated rings.